The van der Waals surface area contributed by atoms with Crippen LogP contribution in [0.2, 0.25) is 0 Å². The number of carbonyl (C=O) groups excluding carboxylic acids is 2. The van der Waals surface area contributed by atoms with Crippen molar-refractivity contribution in [1.29, 1.82) is 0 Å². The lowest BCUT2D eigenvalue weighted by atomic mass is 9.95. The molecule has 2 rings (SSSR count). The van der Waals surface area contributed by atoms with Crippen LogP contribution in [0.5, 0.6) is 0 Å². The van der Waals surface area contributed by atoms with Gasteiger partial charge in [0, 0.05) is 32.1 Å². The van der Waals surface area contributed by atoms with Crippen molar-refractivity contribution >= 4 is 11.9 Å². The van der Waals surface area contributed by atoms with Gasteiger partial charge in [-0.15, -0.1) is 0 Å². The normalized spacial score (nSPS) is 16.4. The number of carbonyl (C=O) groups is 2. The molecule has 0 spiro atoms. The van der Waals surface area contributed by atoms with Crippen molar-refractivity contribution in [2.75, 3.05) is 26.2 Å². The van der Waals surface area contributed by atoms with E-state index in [-0.39, 0.29) is 29.7 Å². The Balaban J connectivity index is 1.84. The molecule has 138 valence electrons. The Labute approximate surface area is 149 Å². The first-order valence-corrected chi connectivity index (χ1v) is 9.05. The largest absolute Gasteiger partial charge is 0.349 e. The quantitative estimate of drug-likeness (QED) is 0.888. The van der Waals surface area contributed by atoms with E-state index in [1.165, 1.54) is 12.1 Å². The van der Waals surface area contributed by atoms with Crippen LogP contribution in [-0.2, 0) is 4.79 Å². The van der Waals surface area contributed by atoms with Crippen molar-refractivity contribution in [3.63, 3.8) is 0 Å². The standard InChI is InChI=1S/C19H28FN3O2/c1-4-22(5-2)19(25)23-12-10-16(11-13-23)18(24)21-14(3)15-6-8-17(20)9-7-15/h6-9,14,16H,4-5,10-13H2,1-3H3,(H,21,24)/t14-/m1/s1. The van der Waals surface area contributed by atoms with Gasteiger partial charge in [-0.05, 0) is 51.3 Å². The molecule has 1 heterocycles. The van der Waals surface area contributed by atoms with Gasteiger partial charge in [0.05, 0.1) is 6.04 Å². The lowest BCUT2D eigenvalue weighted by molar-refractivity contribution is -0.127. The van der Waals surface area contributed by atoms with Crippen molar-refractivity contribution < 1.29 is 14.0 Å². The number of nitrogens with zero attached hydrogens (tertiary/aromatic N) is 2. The summed E-state index contributed by atoms with van der Waals surface area (Å²) in [7, 11) is 0. The molecule has 1 aromatic rings. The summed E-state index contributed by atoms with van der Waals surface area (Å²) in [4.78, 5) is 28.5. The summed E-state index contributed by atoms with van der Waals surface area (Å²) in [6.45, 7) is 8.45. The van der Waals surface area contributed by atoms with Gasteiger partial charge < -0.3 is 15.1 Å². The highest BCUT2D eigenvalue weighted by Crippen LogP contribution is 2.21. The third-order valence-corrected chi connectivity index (χ3v) is 4.90. The fraction of sp³-hybridized carbons (Fsp3) is 0.579. The molecule has 5 nitrogen and oxygen atoms in total. The molecule has 0 bridgehead atoms. The second kappa shape index (κ2) is 8.83. The average molecular weight is 349 g/mol. The van der Waals surface area contributed by atoms with Crippen LogP contribution in [0, 0.1) is 11.7 Å². The molecule has 0 radical (unpaired) electrons. The highest BCUT2D eigenvalue weighted by molar-refractivity contribution is 5.80. The van der Waals surface area contributed by atoms with Crippen LogP contribution in [0.4, 0.5) is 9.18 Å². The highest BCUT2D eigenvalue weighted by Gasteiger charge is 2.29. The van der Waals surface area contributed by atoms with Crippen LogP contribution in [0.3, 0.4) is 0 Å². The van der Waals surface area contributed by atoms with Gasteiger partial charge in [0.2, 0.25) is 5.91 Å². The van der Waals surface area contributed by atoms with Crippen molar-refractivity contribution in [3.05, 3.63) is 35.6 Å². The van der Waals surface area contributed by atoms with Gasteiger partial charge in [-0.25, -0.2) is 9.18 Å². The maximum Gasteiger partial charge on any atom is 0.319 e. The first kappa shape index (κ1) is 19.2. The maximum atomic E-state index is 13.0. The lowest BCUT2D eigenvalue weighted by Crippen LogP contribution is -2.48. The Hall–Kier alpha value is -2.11. The minimum Gasteiger partial charge on any atom is -0.349 e. The SMILES string of the molecule is CCN(CC)C(=O)N1CCC(C(=O)N[C@H](C)c2ccc(F)cc2)CC1. The fourth-order valence-electron chi connectivity index (χ4n) is 3.19. The third kappa shape index (κ3) is 4.94. The summed E-state index contributed by atoms with van der Waals surface area (Å²) >= 11 is 0. The monoisotopic (exact) mass is 349 g/mol. The van der Waals surface area contributed by atoms with Crippen molar-refractivity contribution in [2.24, 2.45) is 5.92 Å². The summed E-state index contributed by atoms with van der Waals surface area (Å²) in [5.74, 6) is -0.358. The predicted molar refractivity (Wildman–Crippen MR) is 95.6 cm³/mol. The van der Waals surface area contributed by atoms with E-state index in [2.05, 4.69) is 5.32 Å². The number of halogens is 1. The van der Waals surface area contributed by atoms with Crippen LogP contribution >= 0.6 is 0 Å². The van der Waals surface area contributed by atoms with E-state index >= 15 is 0 Å². The van der Waals surface area contributed by atoms with Crippen LogP contribution in [0.15, 0.2) is 24.3 Å². The Morgan fingerprint density at radius 3 is 2.28 bits per heavy atom. The minimum absolute atomic E-state index is 0.00626. The predicted octanol–water partition coefficient (Wildman–Crippen LogP) is 3.18. The minimum atomic E-state index is -0.285. The number of benzene rings is 1. The number of hydrogen-bond donors (Lipinski definition) is 1. The molecule has 1 N–H and O–H groups in total. The molecule has 25 heavy (non-hydrogen) atoms. The summed E-state index contributed by atoms with van der Waals surface area (Å²) in [5.41, 5.74) is 0.879. The summed E-state index contributed by atoms with van der Waals surface area (Å²) < 4.78 is 13.0. The maximum absolute atomic E-state index is 13.0. The van der Waals surface area contributed by atoms with Gasteiger partial charge in [0.15, 0.2) is 0 Å². The van der Waals surface area contributed by atoms with Gasteiger partial charge in [-0.2, -0.15) is 0 Å². The van der Waals surface area contributed by atoms with E-state index in [9.17, 15) is 14.0 Å². The lowest BCUT2D eigenvalue weighted by Gasteiger charge is -2.35. The molecule has 0 saturated carbocycles. The fourth-order valence-corrected chi connectivity index (χ4v) is 3.19. The van der Waals surface area contributed by atoms with E-state index in [1.54, 1.807) is 17.0 Å². The molecular formula is C19H28FN3O2. The third-order valence-electron chi connectivity index (χ3n) is 4.90. The molecule has 1 aliphatic heterocycles. The number of amides is 3. The average Bonchev–Trinajstić information content (AvgIpc) is 2.63. The number of likely N-dealkylation sites (tertiary alicyclic amines) is 1. The topological polar surface area (TPSA) is 52.7 Å². The number of piperidine rings is 1. The Kier molecular flexibility index (Phi) is 6.79. The van der Waals surface area contributed by atoms with Crippen LogP contribution in [0.25, 0.3) is 0 Å². The summed E-state index contributed by atoms with van der Waals surface area (Å²) in [6, 6.07) is 6.06. The zero-order valence-electron chi connectivity index (χ0n) is 15.3. The molecule has 0 unspecified atom stereocenters. The Morgan fingerprint density at radius 1 is 1.20 bits per heavy atom. The zero-order valence-corrected chi connectivity index (χ0v) is 15.3. The van der Waals surface area contributed by atoms with E-state index in [4.69, 9.17) is 0 Å². The molecule has 1 saturated heterocycles. The molecule has 0 aliphatic carbocycles. The summed E-state index contributed by atoms with van der Waals surface area (Å²) in [5, 5.41) is 3.00. The van der Waals surface area contributed by atoms with Gasteiger partial charge in [-0.3, -0.25) is 4.79 Å². The van der Waals surface area contributed by atoms with Crippen molar-refractivity contribution in [2.45, 2.75) is 39.7 Å². The Bertz CT molecular complexity index is 579. The summed E-state index contributed by atoms with van der Waals surface area (Å²) in [6.07, 6.45) is 1.35. The number of nitrogens with one attached hydrogen (secondary N) is 1. The van der Waals surface area contributed by atoms with Gasteiger partial charge >= 0.3 is 6.03 Å². The van der Waals surface area contributed by atoms with E-state index in [0.29, 0.717) is 39.0 Å². The molecule has 3 amide bonds. The number of rotatable bonds is 5. The second-order valence-electron chi connectivity index (χ2n) is 6.50. The molecule has 6 heteroatoms. The van der Waals surface area contributed by atoms with Crippen molar-refractivity contribution in [1.82, 2.24) is 15.1 Å². The molecule has 1 aromatic carbocycles. The first-order valence-electron chi connectivity index (χ1n) is 9.05. The van der Waals surface area contributed by atoms with Crippen LogP contribution in [0.1, 0.15) is 45.2 Å². The smallest absolute Gasteiger partial charge is 0.319 e. The van der Waals surface area contributed by atoms with Gasteiger partial charge in [0.1, 0.15) is 5.82 Å². The van der Waals surface area contributed by atoms with E-state index < -0.39 is 0 Å². The zero-order chi connectivity index (χ0) is 18.4. The van der Waals surface area contributed by atoms with Crippen LogP contribution < -0.4 is 5.32 Å². The van der Waals surface area contributed by atoms with Crippen molar-refractivity contribution in [3.8, 4) is 0 Å². The van der Waals surface area contributed by atoms with E-state index in [0.717, 1.165) is 5.56 Å². The van der Waals surface area contributed by atoms with Gasteiger partial charge in [0.25, 0.3) is 0 Å². The molecule has 0 aromatic heterocycles. The second-order valence-corrected chi connectivity index (χ2v) is 6.50. The first-order chi connectivity index (χ1) is 12.0. The van der Waals surface area contributed by atoms with E-state index in [1.807, 2.05) is 25.7 Å². The van der Waals surface area contributed by atoms with Gasteiger partial charge in [-0.1, -0.05) is 12.1 Å². The highest BCUT2D eigenvalue weighted by atomic mass is 19.1. The molecular weight excluding hydrogens is 321 g/mol. The number of urea groups is 1. The molecule has 1 atom stereocenters. The number of hydrogen-bond acceptors (Lipinski definition) is 2. The molecule has 1 aliphatic rings. The Morgan fingerprint density at radius 2 is 1.76 bits per heavy atom. The molecule has 1 fully saturated rings. The van der Waals surface area contributed by atoms with Crippen LogP contribution in [-0.4, -0.2) is 47.9 Å².